The quantitative estimate of drug-likeness (QED) is 0.697. The van der Waals surface area contributed by atoms with Gasteiger partial charge < -0.3 is 9.73 Å². The number of aryl methyl sites for hydroxylation is 1. The van der Waals surface area contributed by atoms with Gasteiger partial charge in [0.15, 0.2) is 0 Å². The summed E-state index contributed by atoms with van der Waals surface area (Å²) in [4.78, 5) is 17.3. The molecule has 0 bridgehead atoms. The summed E-state index contributed by atoms with van der Waals surface area (Å²) in [5.41, 5.74) is 2.03. The lowest BCUT2D eigenvalue weighted by atomic mass is 10.1. The fourth-order valence-corrected chi connectivity index (χ4v) is 3.72. The standard InChI is InChI=1S/C21H22N2O3S/c1-14(2)22-20(24)16-9-11-17(12-10-16)21-23-19(15(3)26-21)13-27(25)18-7-5-4-6-8-18/h4-12,14H,13H2,1-3H3,(H,22,24). The molecule has 0 aliphatic carbocycles. The molecule has 3 aromatic rings. The van der Waals surface area contributed by atoms with E-state index in [1.807, 2.05) is 51.1 Å². The van der Waals surface area contributed by atoms with E-state index in [1.54, 1.807) is 24.3 Å². The lowest BCUT2D eigenvalue weighted by Gasteiger charge is -2.08. The number of aromatic nitrogens is 1. The van der Waals surface area contributed by atoms with Crippen molar-refractivity contribution in [3.8, 4) is 11.5 Å². The molecule has 6 heteroatoms. The molecule has 0 saturated carbocycles. The Morgan fingerprint density at radius 2 is 1.78 bits per heavy atom. The van der Waals surface area contributed by atoms with Gasteiger partial charge in [-0.15, -0.1) is 0 Å². The first-order valence-corrected chi connectivity index (χ1v) is 10.1. The van der Waals surface area contributed by atoms with Gasteiger partial charge in [0.25, 0.3) is 5.91 Å². The number of hydrogen-bond acceptors (Lipinski definition) is 4. The molecule has 1 aromatic heterocycles. The second-order valence-corrected chi connectivity index (χ2v) is 7.98. The van der Waals surface area contributed by atoms with Crippen LogP contribution in [0.4, 0.5) is 0 Å². The SMILES string of the molecule is Cc1oc(-c2ccc(C(=O)NC(C)C)cc2)nc1CS(=O)c1ccccc1. The molecule has 0 fully saturated rings. The summed E-state index contributed by atoms with van der Waals surface area (Å²) in [6.07, 6.45) is 0. The smallest absolute Gasteiger partial charge is 0.251 e. The van der Waals surface area contributed by atoms with Crippen molar-refractivity contribution in [1.29, 1.82) is 0 Å². The van der Waals surface area contributed by atoms with Gasteiger partial charge in [0.1, 0.15) is 5.76 Å². The highest BCUT2D eigenvalue weighted by atomic mass is 32.2. The van der Waals surface area contributed by atoms with E-state index in [4.69, 9.17) is 4.42 Å². The van der Waals surface area contributed by atoms with Crippen LogP contribution in [0.25, 0.3) is 11.5 Å². The fourth-order valence-electron chi connectivity index (χ4n) is 2.57. The molecular formula is C21H22N2O3S. The number of carbonyl (C=O) groups is 1. The number of carbonyl (C=O) groups excluding carboxylic acids is 1. The van der Waals surface area contributed by atoms with Gasteiger partial charge in [-0.3, -0.25) is 9.00 Å². The maximum atomic E-state index is 12.5. The van der Waals surface area contributed by atoms with Crippen LogP contribution in [0.1, 0.15) is 35.7 Å². The lowest BCUT2D eigenvalue weighted by molar-refractivity contribution is 0.0943. The first-order valence-electron chi connectivity index (χ1n) is 8.75. The molecule has 5 nitrogen and oxygen atoms in total. The third-order valence-electron chi connectivity index (χ3n) is 3.98. The van der Waals surface area contributed by atoms with Crippen LogP contribution in [-0.4, -0.2) is 21.1 Å². The van der Waals surface area contributed by atoms with Crippen LogP contribution in [0.5, 0.6) is 0 Å². The number of hydrogen-bond donors (Lipinski definition) is 1. The molecule has 140 valence electrons. The molecule has 3 rings (SSSR count). The van der Waals surface area contributed by atoms with Gasteiger partial charge in [-0.25, -0.2) is 4.98 Å². The van der Waals surface area contributed by atoms with E-state index < -0.39 is 10.8 Å². The molecule has 0 aliphatic heterocycles. The van der Waals surface area contributed by atoms with Gasteiger partial charge in [-0.05, 0) is 57.2 Å². The second-order valence-electron chi connectivity index (χ2n) is 6.53. The normalized spacial score (nSPS) is 12.1. The van der Waals surface area contributed by atoms with Crippen LogP contribution in [0, 0.1) is 6.92 Å². The predicted molar refractivity (Wildman–Crippen MR) is 106 cm³/mol. The molecule has 1 heterocycles. The zero-order valence-electron chi connectivity index (χ0n) is 15.6. The highest BCUT2D eigenvalue weighted by Gasteiger charge is 2.15. The third-order valence-corrected chi connectivity index (χ3v) is 5.31. The Morgan fingerprint density at radius 1 is 1.11 bits per heavy atom. The highest BCUT2D eigenvalue weighted by molar-refractivity contribution is 7.84. The second kappa shape index (κ2) is 8.31. The van der Waals surface area contributed by atoms with Gasteiger partial charge in [0.2, 0.25) is 5.89 Å². The molecule has 1 atom stereocenters. The minimum Gasteiger partial charge on any atom is -0.441 e. The summed E-state index contributed by atoms with van der Waals surface area (Å²) in [5.74, 6) is 1.30. The largest absolute Gasteiger partial charge is 0.441 e. The average molecular weight is 382 g/mol. The lowest BCUT2D eigenvalue weighted by Crippen LogP contribution is -2.29. The van der Waals surface area contributed by atoms with Crippen LogP contribution in [0.15, 0.2) is 63.9 Å². The van der Waals surface area contributed by atoms with Gasteiger partial charge in [0, 0.05) is 22.1 Å². The molecule has 0 radical (unpaired) electrons. The van der Waals surface area contributed by atoms with E-state index in [1.165, 1.54) is 0 Å². The monoisotopic (exact) mass is 382 g/mol. The first kappa shape index (κ1) is 19.0. The molecule has 0 aliphatic rings. The van der Waals surface area contributed by atoms with Crippen molar-refractivity contribution in [2.75, 3.05) is 0 Å². The Labute approximate surface area is 161 Å². The van der Waals surface area contributed by atoms with Crippen molar-refractivity contribution in [3.63, 3.8) is 0 Å². The summed E-state index contributed by atoms with van der Waals surface area (Å²) in [6.45, 7) is 5.66. The number of oxazole rings is 1. The number of nitrogens with zero attached hydrogens (tertiary/aromatic N) is 1. The maximum Gasteiger partial charge on any atom is 0.251 e. The maximum absolute atomic E-state index is 12.5. The van der Waals surface area contributed by atoms with Gasteiger partial charge in [-0.2, -0.15) is 0 Å². The summed E-state index contributed by atoms with van der Waals surface area (Å²) in [7, 11) is -1.18. The van der Waals surface area contributed by atoms with Crippen molar-refractivity contribution < 1.29 is 13.4 Å². The van der Waals surface area contributed by atoms with E-state index in [9.17, 15) is 9.00 Å². The number of nitrogens with one attached hydrogen (secondary N) is 1. The van der Waals surface area contributed by atoms with Gasteiger partial charge in [0.05, 0.1) is 22.2 Å². The van der Waals surface area contributed by atoms with Crippen molar-refractivity contribution in [3.05, 3.63) is 71.6 Å². The van der Waals surface area contributed by atoms with Crippen molar-refractivity contribution in [1.82, 2.24) is 10.3 Å². The van der Waals surface area contributed by atoms with E-state index >= 15 is 0 Å². The van der Waals surface area contributed by atoms with Crippen LogP contribution < -0.4 is 5.32 Å². The molecule has 0 saturated heterocycles. The van der Waals surface area contributed by atoms with E-state index in [0.717, 1.165) is 10.5 Å². The van der Waals surface area contributed by atoms with Crippen molar-refractivity contribution in [2.45, 2.75) is 37.5 Å². The molecule has 1 unspecified atom stereocenters. The van der Waals surface area contributed by atoms with Gasteiger partial charge in [-0.1, -0.05) is 18.2 Å². The molecule has 1 N–H and O–H groups in total. The summed E-state index contributed by atoms with van der Waals surface area (Å²) in [6, 6.07) is 16.5. The van der Waals surface area contributed by atoms with Gasteiger partial charge >= 0.3 is 0 Å². The summed E-state index contributed by atoms with van der Waals surface area (Å²) >= 11 is 0. The molecular weight excluding hydrogens is 360 g/mol. The Hall–Kier alpha value is -2.73. The molecule has 2 aromatic carbocycles. The Morgan fingerprint density at radius 3 is 2.41 bits per heavy atom. The summed E-state index contributed by atoms with van der Waals surface area (Å²) < 4.78 is 18.3. The minimum absolute atomic E-state index is 0.0830. The van der Waals surface area contributed by atoms with Crippen LogP contribution in [0.3, 0.4) is 0 Å². The fraction of sp³-hybridized carbons (Fsp3) is 0.238. The van der Waals surface area contributed by atoms with Crippen LogP contribution >= 0.6 is 0 Å². The Kier molecular flexibility index (Phi) is 5.86. The van der Waals surface area contributed by atoms with Crippen molar-refractivity contribution >= 4 is 16.7 Å². The zero-order valence-corrected chi connectivity index (χ0v) is 16.4. The topological polar surface area (TPSA) is 72.2 Å². The van der Waals surface area contributed by atoms with E-state index in [2.05, 4.69) is 10.3 Å². The first-order chi connectivity index (χ1) is 12.9. The third kappa shape index (κ3) is 4.71. The Bertz CT molecular complexity index is 947. The molecule has 1 amide bonds. The molecule has 0 spiro atoms. The van der Waals surface area contributed by atoms with E-state index in [0.29, 0.717) is 28.7 Å². The summed E-state index contributed by atoms with van der Waals surface area (Å²) in [5, 5.41) is 2.86. The number of benzene rings is 2. The highest BCUT2D eigenvalue weighted by Crippen LogP contribution is 2.24. The number of rotatable bonds is 6. The van der Waals surface area contributed by atoms with Crippen molar-refractivity contribution in [2.24, 2.45) is 0 Å². The molecule has 27 heavy (non-hydrogen) atoms. The van der Waals surface area contributed by atoms with E-state index in [-0.39, 0.29) is 11.9 Å². The number of amides is 1. The predicted octanol–water partition coefficient (Wildman–Crippen LogP) is 4.10. The average Bonchev–Trinajstić information content (AvgIpc) is 3.02. The minimum atomic E-state index is -1.18. The van der Waals surface area contributed by atoms with Crippen LogP contribution in [0.2, 0.25) is 0 Å². The Balaban J connectivity index is 1.76. The zero-order chi connectivity index (χ0) is 19.4. The van der Waals surface area contributed by atoms with Crippen LogP contribution in [-0.2, 0) is 16.6 Å².